The van der Waals surface area contributed by atoms with Gasteiger partial charge < -0.3 is 10.1 Å². The molecule has 1 saturated carbocycles. The molecule has 0 aromatic carbocycles. The molecule has 2 atom stereocenters. The van der Waals surface area contributed by atoms with Crippen LogP contribution >= 0.6 is 0 Å². The van der Waals surface area contributed by atoms with Gasteiger partial charge in [0.2, 0.25) is 5.91 Å². The minimum atomic E-state index is 0.111. The van der Waals surface area contributed by atoms with Crippen molar-refractivity contribution in [2.24, 2.45) is 11.8 Å². The molecule has 2 rings (SSSR count). The number of hydrogen-bond acceptors (Lipinski definition) is 4. The van der Waals surface area contributed by atoms with Crippen LogP contribution in [0.1, 0.15) is 33.6 Å². The summed E-state index contributed by atoms with van der Waals surface area (Å²) in [5.74, 6) is 1.58. The average molecular weight is 311 g/mol. The number of ether oxygens (including phenoxy) is 1. The van der Waals surface area contributed by atoms with E-state index >= 15 is 0 Å². The van der Waals surface area contributed by atoms with E-state index in [4.69, 9.17) is 4.74 Å². The van der Waals surface area contributed by atoms with Gasteiger partial charge in [-0.15, -0.1) is 0 Å². The normalized spacial score (nSPS) is 24.7. The number of nitrogens with one attached hydrogen (secondary N) is 1. The molecular weight excluding hydrogens is 278 g/mol. The van der Waals surface area contributed by atoms with Gasteiger partial charge in [0.15, 0.2) is 0 Å². The second kappa shape index (κ2) is 8.27. The number of rotatable bonds is 8. The van der Waals surface area contributed by atoms with Gasteiger partial charge in [0, 0.05) is 32.2 Å². The summed E-state index contributed by atoms with van der Waals surface area (Å²) in [7, 11) is 2.05. The lowest BCUT2D eigenvalue weighted by Gasteiger charge is -2.34. The van der Waals surface area contributed by atoms with Crippen molar-refractivity contribution in [2.45, 2.75) is 45.8 Å². The Kier molecular flexibility index (Phi) is 6.66. The molecule has 1 amide bonds. The van der Waals surface area contributed by atoms with Crippen LogP contribution in [0.5, 0.6) is 0 Å². The highest BCUT2D eigenvalue weighted by atomic mass is 16.5. The molecule has 0 radical (unpaired) electrons. The number of amides is 1. The first-order valence-electron chi connectivity index (χ1n) is 8.76. The largest absolute Gasteiger partial charge is 0.374 e. The summed E-state index contributed by atoms with van der Waals surface area (Å²) in [5.41, 5.74) is 0. The average Bonchev–Trinajstić information content (AvgIpc) is 3.28. The van der Waals surface area contributed by atoms with Gasteiger partial charge in [-0.25, -0.2) is 0 Å². The van der Waals surface area contributed by atoms with Gasteiger partial charge in [0.1, 0.15) is 0 Å². The van der Waals surface area contributed by atoms with Crippen molar-refractivity contribution in [3.63, 3.8) is 0 Å². The van der Waals surface area contributed by atoms with E-state index in [2.05, 4.69) is 35.9 Å². The van der Waals surface area contributed by atoms with Crippen molar-refractivity contribution in [2.75, 3.05) is 46.4 Å². The lowest BCUT2D eigenvalue weighted by Crippen LogP contribution is -2.49. The lowest BCUT2D eigenvalue weighted by molar-refractivity contribution is -0.123. The molecule has 0 bridgehead atoms. The van der Waals surface area contributed by atoms with Crippen LogP contribution in [0.2, 0.25) is 0 Å². The Morgan fingerprint density at radius 3 is 2.73 bits per heavy atom. The summed E-state index contributed by atoms with van der Waals surface area (Å²) in [6, 6.07) is 0.512. The Balaban J connectivity index is 1.64. The number of morpholine rings is 1. The molecule has 2 unspecified atom stereocenters. The number of likely N-dealkylation sites (N-methyl/N-ethyl adjacent to an activating group) is 1. The fourth-order valence-corrected chi connectivity index (χ4v) is 3.18. The topological polar surface area (TPSA) is 44.8 Å². The molecule has 1 aliphatic carbocycles. The van der Waals surface area contributed by atoms with Crippen LogP contribution in [0.3, 0.4) is 0 Å². The zero-order valence-corrected chi connectivity index (χ0v) is 14.7. The maximum absolute atomic E-state index is 12.1. The molecule has 0 spiro atoms. The Morgan fingerprint density at radius 2 is 2.09 bits per heavy atom. The second-order valence-corrected chi connectivity index (χ2v) is 7.44. The maximum Gasteiger partial charge on any atom is 0.234 e. The predicted molar refractivity (Wildman–Crippen MR) is 88.8 cm³/mol. The number of nitrogens with zero attached hydrogens (tertiary/aromatic N) is 2. The molecule has 1 N–H and O–H groups in total. The molecule has 0 aromatic rings. The summed E-state index contributed by atoms with van der Waals surface area (Å²) in [5, 5.41) is 3.04. The van der Waals surface area contributed by atoms with Crippen molar-refractivity contribution in [1.82, 2.24) is 15.1 Å². The third-order valence-electron chi connectivity index (χ3n) is 4.77. The van der Waals surface area contributed by atoms with Gasteiger partial charge in [0.05, 0.1) is 19.3 Å². The van der Waals surface area contributed by atoms with Crippen LogP contribution in [-0.4, -0.2) is 74.2 Å². The van der Waals surface area contributed by atoms with Crippen molar-refractivity contribution in [1.29, 1.82) is 0 Å². The zero-order valence-electron chi connectivity index (χ0n) is 14.7. The van der Waals surface area contributed by atoms with Crippen LogP contribution in [-0.2, 0) is 9.53 Å². The number of carbonyl (C=O) groups is 1. The SMILES string of the molecule is CC(C)CN1CCOC(CNC(=O)CN(C)C(C)C2CC2)C1. The first-order chi connectivity index (χ1) is 10.5. The Labute approximate surface area is 135 Å². The summed E-state index contributed by atoms with van der Waals surface area (Å²) in [4.78, 5) is 16.7. The van der Waals surface area contributed by atoms with Gasteiger partial charge >= 0.3 is 0 Å². The summed E-state index contributed by atoms with van der Waals surface area (Å²) in [6.45, 7) is 11.6. The third kappa shape index (κ3) is 5.86. The molecule has 1 saturated heterocycles. The minimum absolute atomic E-state index is 0.111. The van der Waals surface area contributed by atoms with Gasteiger partial charge in [-0.3, -0.25) is 14.6 Å². The quantitative estimate of drug-likeness (QED) is 0.731. The molecular formula is C17H33N3O2. The van der Waals surface area contributed by atoms with Crippen molar-refractivity contribution >= 4 is 5.91 Å². The monoisotopic (exact) mass is 311 g/mol. The second-order valence-electron chi connectivity index (χ2n) is 7.44. The molecule has 1 heterocycles. The minimum Gasteiger partial charge on any atom is -0.374 e. The molecule has 1 aliphatic heterocycles. The predicted octanol–water partition coefficient (Wildman–Crippen LogP) is 1.19. The van der Waals surface area contributed by atoms with Gasteiger partial charge in [-0.2, -0.15) is 0 Å². The van der Waals surface area contributed by atoms with E-state index in [9.17, 15) is 4.79 Å². The molecule has 5 heteroatoms. The Hall–Kier alpha value is -0.650. The van der Waals surface area contributed by atoms with E-state index in [1.54, 1.807) is 0 Å². The van der Waals surface area contributed by atoms with Crippen LogP contribution in [0.4, 0.5) is 0 Å². The van der Waals surface area contributed by atoms with Crippen LogP contribution in [0.15, 0.2) is 0 Å². The van der Waals surface area contributed by atoms with Crippen molar-refractivity contribution < 1.29 is 9.53 Å². The highest BCUT2D eigenvalue weighted by Crippen LogP contribution is 2.34. The molecule has 128 valence electrons. The van der Waals surface area contributed by atoms with E-state index in [0.29, 0.717) is 25.0 Å². The van der Waals surface area contributed by atoms with E-state index in [-0.39, 0.29) is 12.0 Å². The van der Waals surface area contributed by atoms with Crippen LogP contribution < -0.4 is 5.32 Å². The first-order valence-corrected chi connectivity index (χ1v) is 8.76. The Morgan fingerprint density at radius 1 is 1.36 bits per heavy atom. The summed E-state index contributed by atoms with van der Waals surface area (Å²) >= 11 is 0. The first kappa shape index (κ1) is 17.7. The highest BCUT2D eigenvalue weighted by Gasteiger charge is 2.31. The van der Waals surface area contributed by atoms with E-state index < -0.39 is 0 Å². The third-order valence-corrected chi connectivity index (χ3v) is 4.77. The van der Waals surface area contributed by atoms with E-state index in [1.807, 2.05) is 7.05 Å². The molecule has 5 nitrogen and oxygen atoms in total. The van der Waals surface area contributed by atoms with E-state index in [0.717, 1.165) is 32.2 Å². The van der Waals surface area contributed by atoms with E-state index in [1.165, 1.54) is 12.8 Å². The highest BCUT2D eigenvalue weighted by molar-refractivity contribution is 5.78. The smallest absolute Gasteiger partial charge is 0.234 e. The molecule has 0 aromatic heterocycles. The van der Waals surface area contributed by atoms with Gasteiger partial charge in [-0.05, 0) is 38.6 Å². The zero-order chi connectivity index (χ0) is 16.1. The maximum atomic E-state index is 12.1. The van der Waals surface area contributed by atoms with Gasteiger partial charge in [-0.1, -0.05) is 13.8 Å². The van der Waals surface area contributed by atoms with Gasteiger partial charge in [0.25, 0.3) is 0 Å². The fraction of sp³-hybridized carbons (Fsp3) is 0.941. The Bertz CT molecular complexity index is 358. The molecule has 2 fully saturated rings. The number of carbonyl (C=O) groups excluding carboxylic acids is 1. The standard InChI is InChI=1S/C17H33N3O2/c1-13(2)10-20-7-8-22-16(11-20)9-18-17(21)12-19(4)14(3)15-5-6-15/h13-16H,5-12H2,1-4H3,(H,18,21). The molecule has 22 heavy (non-hydrogen) atoms. The van der Waals surface area contributed by atoms with Crippen molar-refractivity contribution in [3.8, 4) is 0 Å². The van der Waals surface area contributed by atoms with Crippen LogP contribution in [0, 0.1) is 11.8 Å². The lowest BCUT2D eigenvalue weighted by atomic mass is 10.2. The van der Waals surface area contributed by atoms with Crippen molar-refractivity contribution in [3.05, 3.63) is 0 Å². The molecule has 2 aliphatic rings. The fourth-order valence-electron chi connectivity index (χ4n) is 3.18. The summed E-state index contributed by atoms with van der Waals surface area (Å²) < 4.78 is 5.77. The van der Waals surface area contributed by atoms with Crippen LogP contribution in [0.25, 0.3) is 0 Å². The number of hydrogen-bond donors (Lipinski definition) is 1. The summed E-state index contributed by atoms with van der Waals surface area (Å²) in [6.07, 6.45) is 2.76.